The Hall–Kier alpha value is -1.42. The van der Waals surface area contributed by atoms with Gasteiger partial charge < -0.3 is 10.6 Å². The highest BCUT2D eigenvalue weighted by Gasteiger charge is 2.00. The number of carbonyl (C=O) groups excluding carboxylic acids is 1. The highest BCUT2D eigenvalue weighted by molar-refractivity contribution is 7.80. The summed E-state index contributed by atoms with van der Waals surface area (Å²) in [4.78, 5) is 11.2. The molecule has 0 radical (unpaired) electrons. The van der Waals surface area contributed by atoms with Crippen molar-refractivity contribution in [1.29, 1.82) is 0 Å². The number of ketones is 1. The molecule has 0 saturated carbocycles. The first kappa shape index (κ1) is 17.6. The van der Waals surface area contributed by atoms with Crippen LogP contribution in [0.5, 0.6) is 0 Å². The molecule has 3 nitrogen and oxygen atoms in total. The van der Waals surface area contributed by atoms with Crippen molar-refractivity contribution in [2.45, 2.75) is 52.4 Å². The lowest BCUT2D eigenvalue weighted by Gasteiger charge is -2.10. The molecule has 0 aliphatic rings. The molecule has 0 saturated heterocycles. The van der Waals surface area contributed by atoms with E-state index in [9.17, 15) is 4.79 Å². The molecule has 1 aromatic carbocycles. The van der Waals surface area contributed by atoms with Gasteiger partial charge in [-0.1, -0.05) is 39.0 Å². The SMILES string of the molecule is CCCCCCCCNC(=S)Nc1ccc(C(C)=O)cc1. The average molecular weight is 306 g/mol. The number of rotatable bonds is 9. The highest BCUT2D eigenvalue weighted by Crippen LogP contribution is 2.10. The molecular weight excluding hydrogens is 280 g/mol. The van der Waals surface area contributed by atoms with Gasteiger partial charge in [0.15, 0.2) is 10.9 Å². The number of hydrogen-bond donors (Lipinski definition) is 2. The minimum Gasteiger partial charge on any atom is -0.362 e. The maximum Gasteiger partial charge on any atom is 0.170 e. The predicted molar refractivity (Wildman–Crippen MR) is 94.0 cm³/mol. The van der Waals surface area contributed by atoms with Crippen molar-refractivity contribution in [2.75, 3.05) is 11.9 Å². The fourth-order valence-corrected chi connectivity index (χ4v) is 2.29. The van der Waals surface area contributed by atoms with Gasteiger partial charge in [0, 0.05) is 17.8 Å². The van der Waals surface area contributed by atoms with Crippen molar-refractivity contribution < 1.29 is 4.79 Å². The third-order valence-corrected chi connectivity index (χ3v) is 3.61. The van der Waals surface area contributed by atoms with Crippen molar-refractivity contribution >= 4 is 28.8 Å². The van der Waals surface area contributed by atoms with Gasteiger partial charge in [0.1, 0.15) is 0 Å². The van der Waals surface area contributed by atoms with E-state index in [1.54, 1.807) is 19.1 Å². The summed E-state index contributed by atoms with van der Waals surface area (Å²) in [5, 5.41) is 6.98. The van der Waals surface area contributed by atoms with Crippen LogP contribution < -0.4 is 10.6 Å². The Labute approximate surface area is 133 Å². The van der Waals surface area contributed by atoms with E-state index in [0.29, 0.717) is 10.7 Å². The zero-order valence-corrected chi connectivity index (χ0v) is 13.9. The Morgan fingerprint density at radius 3 is 2.29 bits per heavy atom. The van der Waals surface area contributed by atoms with Crippen LogP contribution >= 0.6 is 12.2 Å². The normalized spacial score (nSPS) is 10.2. The van der Waals surface area contributed by atoms with Gasteiger partial charge in [-0.25, -0.2) is 0 Å². The number of hydrogen-bond acceptors (Lipinski definition) is 2. The van der Waals surface area contributed by atoms with Gasteiger partial charge in [-0.3, -0.25) is 4.79 Å². The molecular formula is C17H26N2OS. The summed E-state index contributed by atoms with van der Waals surface area (Å²) in [6.45, 7) is 4.70. The zero-order valence-electron chi connectivity index (χ0n) is 13.1. The van der Waals surface area contributed by atoms with E-state index in [1.807, 2.05) is 12.1 Å². The van der Waals surface area contributed by atoms with Crippen LogP contribution in [0.25, 0.3) is 0 Å². The molecule has 0 spiro atoms. The zero-order chi connectivity index (χ0) is 15.5. The first-order chi connectivity index (χ1) is 10.1. The number of carbonyl (C=O) groups is 1. The quantitative estimate of drug-likeness (QED) is 0.399. The van der Waals surface area contributed by atoms with E-state index in [-0.39, 0.29) is 5.78 Å². The van der Waals surface area contributed by atoms with Gasteiger partial charge in [0.05, 0.1) is 0 Å². The van der Waals surface area contributed by atoms with E-state index in [2.05, 4.69) is 17.6 Å². The van der Waals surface area contributed by atoms with Gasteiger partial charge >= 0.3 is 0 Å². The van der Waals surface area contributed by atoms with Gasteiger partial charge in [-0.2, -0.15) is 0 Å². The second-order valence-corrected chi connectivity index (χ2v) is 5.69. The van der Waals surface area contributed by atoms with Gasteiger partial charge in [-0.05, 0) is 49.8 Å². The molecule has 21 heavy (non-hydrogen) atoms. The summed E-state index contributed by atoms with van der Waals surface area (Å²) < 4.78 is 0. The summed E-state index contributed by atoms with van der Waals surface area (Å²) in [5.41, 5.74) is 1.62. The smallest absolute Gasteiger partial charge is 0.170 e. The third kappa shape index (κ3) is 7.81. The van der Waals surface area contributed by atoms with Gasteiger partial charge in [0.2, 0.25) is 0 Å². The molecule has 0 fully saturated rings. The third-order valence-electron chi connectivity index (χ3n) is 3.37. The van der Waals surface area contributed by atoms with Crippen LogP contribution in [0, 0.1) is 0 Å². The molecule has 0 amide bonds. The molecule has 0 unspecified atom stereocenters. The lowest BCUT2D eigenvalue weighted by atomic mass is 10.1. The largest absolute Gasteiger partial charge is 0.362 e. The second kappa shape index (κ2) is 10.3. The van der Waals surface area contributed by atoms with Crippen LogP contribution in [0.3, 0.4) is 0 Å². The molecule has 0 heterocycles. The van der Waals surface area contributed by atoms with Crippen LogP contribution in [0.4, 0.5) is 5.69 Å². The van der Waals surface area contributed by atoms with E-state index in [0.717, 1.165) is 18.7 Å². The molecule has 116 valence electrons. The lowest BCUT2D eigenvalue weighted by Crippen LogP contribution is -2.29. The van der Waals surface area contributed by atoms with E-state index in [1.165, 1.54) is 32.1 Å². The summed E-state index contributed by atoms with van der Waals surface area (Å²) in [6, 6.07) is 7.35. The topological polar surface area (TPSA) is 41.1 Å². The molecule has 0 aliphatic heterocycles. The Bertz CT molecular complexity index is 443. The standard InChI is InChI=1S/C17H26N2OS/c1-3-4-5-6-7-8-13-18-17(21)19-16-11-9-15(10-12-16)14(2)20/h9-12H,3-8,13H2,1-2H3,(H2,18,19,21). The molecule has 0 bridgehead atoms. The first-order valence-corrected chi connectivity index (χ1v) is 8.20. The number of Topliss-reactive ketones (excluding diaryl/α,β-unsaturated/α-hetero) is 1. The van der Waals surface area contributed by atoms with Gasteiger partial charge in [-0.15, -0.1) is 0 Å². The second-order valence-electron chi connectivity index (χ2n) is 5.28. The molecule has 1 rings (SSSR count). The lowest BCUT2D eigenvalue weighted by molar-refractivity contribution is 0.101. The van der Waals surface area contributed by atoms with Crippen LogP contribution in [-0.4, -0.2) is 17.4 Å². The fourth-order valence-electron chi connectivity index (χ4n) is 2.07. The van der Waals surface area contributed by atoms with E-state index in [4.69, 9.17) is 12.2 Å². The molecule has 0 aliphatic carbocycles. The molecule has 1 aromatic rings. The van der Waals surface area contributed by atoms with E-state index < -0.39 is 0 Å². The predicted octanol–water partition coefficient (Wildman–Crippen LogP) is 4.54. The number of anilines is 1. The van der Waals surface area contributed by atoms with Crippen molar-refractivity contribution in [1.82, 2.24) is 5.32 Å². The van der Waals surface area contributed by atoms with Crippen LogP contribution in [0.15, 0.2) is 24.3 Å². The summed E-state index contributed by atoms with van der Waals surface area (Å²) >= 11 is 5.25. The monoisotopic (exact) mass is 306 g/mol. The van der Waals surface area contributed by atoms with Crippen LogP contribution in [-0.2, 0) is 0 Å². The Morgan fingerprint density at radius 2 is 1.67 bits per heavy atom. The first-order valence-electron chi connectivity index (χ1n) is 7.79. The van der Waals surface area contributed by atoms with Crippen molar-refractivity contribution in [3.8, 4) is 0 Å². The van der Waals surface area contributed by atoms with E-state index >= 15 is 0 Å². The average Bonchev–Trinajstić information content (AvgIpc) is 2.47. The minimum absolute atomic E-state index is 0.0744. The maximum atomic E-state index is 11.2. The van der Waals surface area contributed by atoms with Crippen molar-refractivity contribution in [3.63, 3.8) is 0 Å². The molecule has 4 heteroatoms. The maximum absolute atomic E-state index is 11.2. The van der Waals surface area contributed by atoms with Gasteiger partial charge in [0.25, 0.3) is 0 Å². The number of thiocarbonyl (C=S) groups is 1. The molecule has 0 aromatic heterocycles. The Balaban J connectivity index is 2.17. The number of unbranched alkanes of at least 4 members (excludes halogenated alkanes) is 5. The molecule has 2 N–H and O–H groups in total. The summed E-state index contributed by atoms with van der Waals surface area (Å²) in [7, 11) is 0. The number of nitrogens with one attached hydrogen (secondary N) is 2. The Morgan fingerprint density at radius 1 is 1.05 bits per heavy atom. The Kier molecular flexibility index (Phi) is 8.67. The highest BCUT2D eigenvalue weighted by atomic mass is 32.1. The van der Waals surface area contributed by atoms with Crippen molar-refractivity contribution in [3.05, 3.63) is 29.8 Å². The van der Waals surface area contributed by atoms with Crippen LogP contribution in [0.1, 0.15) is 62.7 Å². The fraction of sp³-hybridized carbons (Fsp3) is 0.529. The van der Waals surface area contributed by atoms with Crippen molar-refractivity contribution in [2.24, 2.45) is 0 Å². The molecule has 0 atom stereocenters. The van der Waals surface area contributed by atoms with Crippen LogP contribution in [0.2, 0.25) is 0 Å². The number of benzene rings is 1. The minimum atomic E-state index is 0.0744. The summed E-state index contributed by atoms with van der Waals surface area (Å²) in [6.07, 6.45) is 7.67. The summed E-state index contributed by atoms with van der Waals surface area (Å²) in [5.74, 6) is 0.0744.